The topological polar surface area (TPSA) is 58.5 Å². The number of hydrazone groups is 1. The zero-order valence-electron chi connectivity index (χ0n) is 16.2. The first-order valence-electron chi connectivity index (χ1n) is 9.72. The molecule has 0 N–H and O–H groups in total. The van der Waals surface area contributed by atoms with Crippen LogP contribution in [0.4, 0.5) is 0 Å². The van der Waals surface area contributed by atoms with E-state index in [1.807, 2.05) is 54.6 Å². The Kier molecular flexibility index (Phi) is 5.26. The van der Waals surface area contributed by atoms with Crippen LogP contribution < -0.4 is 0 Å². The summed E-state index contributed by atoms with van der Waals surface area (Å²) in [4.78, 5) is 22.1. The zero-order chi connectivity index (χ0) is 21.4. The van der Waals surface area contributed by atoms with Gasteiger partial charge in [0.15, 0.2) is 0 Å². The van der Waals surface area contributed by atoms with E-state index >= 15 is 0 Å². The van der Waals surface area contributed by atoms with E-state index in [4.69, 9.17) is 16.7 Å². The highest BCUT2D eigenvalue weighted by atomic mass is 79.9. The fourth-order valence-electron chi connectivity index (χ4n) is 3.69. The van der Waals surface area contributed by atoms with Crippen LogP contribution in [0.1, 0.15) is 33.9 Å². The van der Waals surface area contributed by atoms with Crippen molar-refractivity contribution in [3.8, 4) is 0 Å². The Morgan fingerprint density at radius 3 is 2.39 bits per heavy atom. The molecule has 7 heteroatoms. The molecule has 5 rings (SSSR count). The summed E-state index contributed by atoms with van der Waals surface area (Å²) in [5, 5.41) is 6.96. The van der Waals surface area contributed by atoms with Gasteiger partial charge >= 0.3 is 0 Å². The smallest absolute Gasteiger partial charge is 0.267 e. The standard InChI is InChI=1S/C24H16BrClN4O/c25-18-6-1-15(2-7-18)21-14-23(16-3-8-19(26)9-4-16)30(29-21)24(31)17-5-10-20-22(13-17)28-12-11-27-20/h1-13,23H,14H2. The molecule has 0 saturated carbocycles. The molecule has 1 aliphatic rings. The average molecular weight is 492 g/mol. The summed E-state index contributed by atoms with van der Waals surface area (Å²) < 4.78 is 0.995. The van der Waals surface area contributed by atoms with Crippen LogP contribution in [0.3, 0.4) is 0 Å². The third-order valence-electron chi connectivity index (χ3n) is 5.27. The highest BCUT2D eigenvalue weighted by molar-refractivity contribution is 9.10. The summed E-state index contributed by atoms with van der Waals surface area (Å²) in [7, 11) is 0. The first-order valence-corrected chi connectivity index (χ1v) is 10.9. The van der Waals surface area contributed by atoms with Crippen molar-refractivity contribution in [2.45, 2.75) is 12.5 Å². The van der Waals surface area contributed by atoms with Crippen LogP contribution in [0.2, 0.25) is 5.02 Å². The van der Waals surface area contributed by atoms with Gasteiger partial charge in [0, 0.05) is 33.9 Å². The van der Waals surface area contributed by atoms with Gasteiger partial charge in [0.25, 0.3) is 5.91 Å². The largest absolute Gasteiger partial charge is 0.274 e. The van der Waals surface area contributed by atoms with Crippen molar-refractivity contribution in [3.05, 3.63) is 105 Å². The molecule has 1 unspecified atom stereocenters. The number of amides is 1. The number of nitrogens with zero attached hydrogens (tertiary/aromatic N) is 4. The van der Waals surface area contributed by atoms with Gasteiger partial charge in [0.2, 0.25) is 0 Å². The van der Waals surface area contributed by atoms with Gasteiger partial charge in [-0.25, -0.2) is 5.01 Å². The van der Waals surface area contributed by atoms with Crippen molar-refractivity contribution in [2.75, 3.05) is 0 Å². The Hall–Kier alpha value is -3.09. The van der Waals surface area contributed by atoms with E-state index in [1.165, 1.54) is 0 Å². The van der Waals surface area contributed by atoms with Crippen LogP contribution in [-0.4, -0.2) is 26.6 Å². The molecule has 1 amide bonds. The molecule has 5 nitrogen and oxygen atoms in total. The van der Waals surface area contributed by atoms with Crippen LogP contribution in [0.15, 0.2) is 88.7 Å². The lowest BCUT2D eigenvalue weighted by Crippen LogP contribution is -2.27. The maximum Gasteiger partial charge on any atom is 0.274 e. The van der Waals surface area contributed by atoms with Crippen molar-refractivity contribution in [2.24, 2.45) is 5.10 Å². The Bertz CT molecular complexity index is 1310. The second-order valence-electron chi connectivity index (χ2n) is 7.23. The van der Waals surface area contributed by atoms with E-state index in [2.05, 4.69) is 25.9 Å². The number of hydrogen-bond donors (Lipinski definition) is 0. The fraction of sp³-hybridized carbons (Fsp3) is 0.0833. The van der Waals surface area contributed by atoms with Crippen molar-refractivity contribution >= 4 is 50.2 Å². The van der Waals surface area contributed by atoms with E-state index in [9.17, 15) is 4.79 Å². The fourth-order valence-corrected chi connectivity index (χ4v) is 4.08. The van der Waals surface area contributed by atoms with Crippen LogP contribution in [-0.2, 0) is 0 Å². The molecule has 0 spiro atoms. The molecule has 4 aromatic rings. The predicted octanol–water partition coefficient (Wildman–Crippen LogP) is 6.04. The number of aromatic nitrogens is 2. The van der Waals surface area contributed by atoms with Gasteiger partial charge in [0.05, 0.1) is 22.8 Å². The highest BCUT2D eigenvalue weighted by Gasteiger charge is 2.33. The van der Waals surface area contributed by atoms with Gasteiger partial charge in [-0.3, -0.25) is 14.8 Å². The number of rotatable bonds is 3. The third-order valence-corrected chi connectivity index (χ3v) is 6.05. The van der Waals surface area contributed by atoms with E-state index in [-0.39, 0.29) is 11.9 Å². The maximum atomic E-state index is 13.5. The van der Waals surface area contributed by atoms with Crippen LogP contribution in [0.5, 0.6) is 0 Å². The van der Waals surface area contributed by atoms with E-state index in [0.717, 1.165) is 26.8 Å². The molecule has 1 aliphatic heterocycles. The summed E-state index contributed by atoms with van der Waals surface area (Å²) in [5.41, 5.74) is 4.77. The minimum absolute atomic E-state index is 0.181. The van der Waals surface area contributed by atoms with E-state index in [1.54, 1.807) is 29.5 Å². The van der Waals surface area contributed by atoms with Gasteiger partial charge in [0.1, 0.15) is 0 Å². The molecular formula is C24H16BrClN4O. The monoisotopic (exact) mass is 490 g/mol. The predicted molar refractivity (Wildman–Crippen MR) is 125 cm³/mol. The van der Waals surface area contributed by atoms with Gasteiger partial charge in [-0.2, -0.15) is 5.10 Å². The zero-order valence-corrected chi connectivity index (χ0v) is 18.6. The van der Waals surface area contributed by atoms with Crippen LogP contribution in [0, 0.1) is 0 Å². The number of carbonyl (C=O) groups is 1. The Morgan fingerprint density at radius 1 is 0.935 bits per heavy atom. The number of carbonyl (C=O) groups excluding carboxylic acids is 1. The third kappa shape index (κ3) is 3.96. The summed E-state index contributed by atoms with van der Waals surface area (Å²) in [6, 6.07) is 20.6. The SMILES string of the molecule is O=C(c1ccc2nccnc2c1)N1N=C(c2ccc(Br)cc2)CC1c1ccc(Cl)cc1. The molecule has 1 aromatic heterocycles. The molecule has 2 heterocycles. The summed E-state index contributed by atoms with van der Waals surface area (Å²) >= 11 is 9.55. The van der Waals surface area contributed by atoms with Gasteiger partial charge in [-0.05, 0) is 53.6 Å². The molecule has 0 aliphatic carbocycles. The Balaban J connectivity index is 1.55. The number of benzene rings is 3. The lowest BCUT2D eigenvalue weighted by molar-refractivity contribution is 0.0711. The second kappa shape index (κ2) is 8.21. The van der Waals surface area contributed by atoms with Gasteiger partial charge in [-0.15, -0.1) is 0 Å². The second-order valence-corrected chi connectivity index (χ2v) is 8.59. The lowest BCUT2D eigenvalue weighted by atomic mass is 9.98. The summed E-state index contributed by atoms with van der Waals surface area (Å²) in [6.45, 7) is 0. The molecule has 152 valence electrons. The normalized spacial score (nSPS) is 15.9. The molecule has 1 atom stereocenters. The number of halogens is 2. The Labute approximate surface area is 192 Å². The number of fused-ring (bicyclic) bond motifs is 1. The maximum absolute atomic E-state index is 13.5. The molecule has 0 radical (unpaired) electrons. The molecule has 0 bridgehead atoms. The van der Waals surface area contributed by atoms with Gasteiger partial charge in [-0.1, -0.05) is 51.8 Å². The van der Waals surface area contributed by atoms with Crippen molar-refractivity contribution < 1.29 is 4.79 Å². The molecule has 3 aromatic carbocycles. The Morgan fingerprint density at radius 2 is 1.65 bits per heavy atom. The summed E-state index contributed by atoms with van der Waals surface area (Å²) in [6.07, 6.45) is 3.87. The molecule has 0 saturated heterocycles. The summed E-state index contributed by atoms with van der Waals surface area (Å²) in [5.74, 6) is -0.181. The van der Waals surface area contributed by atoms with E-state index in [0.29, 0.717) is 22.5 Å². The van der Waals surface area contributed by atoms with Crippen molar-refractivity contribution in [3.63, 3.8) is 0 Å². The first kappa shape index (κ1) is 19.8. The molecule has 31 heavy (non-hydrogen) atoms. The van der Waals surface area contributed by atoms with Crippen molar-refractivity contribution in [1.29, 1.82) is 0 Å². The minimum atomic E-state index is -0.221. The first-order chi connectivity index (χ1) is 15.1. The minimum Gasteiger partial charge on any atom is -0.267 e. The highest BCUT2D eigenvalue weighted by Crippen LogP contribution is 2.35. The van der Waals surface area contributed by atoms with Crippen LogP contribution in [0.25, 0.3) is 11.0 Å². The van der Waals surface area contributed by atoms with E-state index < -0.39 is 0 Å². The quantitative estimate of drug-likeness (QED) is 0.351. The molecular weight excluding hydrogens is 476 g/mol. The lowest BCUT2D eigenvalue weighted by Gasteiger charge is -2.22. The van der Waals surface area contributed by atoms with Crippen LogP contribution >= 0.6 is 27.5 Å². The molecule has 0 fully saturated rings. The van der Waals surface area contributed by atoms with Gasteiger partial charge < -0.3 is 0 Å². The number of hydrogen-bond acceptors (Lipinski definition) is 4. The van der Waals surface area contributed by atoms with Crippen molar-refractivity contribution in [1.82, 2.24) is 15.0 Å². The average Bonchev–Trinajstić information content (AvgIpc) is 3.24.